The Hall–Kier alpha value is -0.910. The summed E-state index contributed by atoms with van der Waals surface area (Å²) in [4.78, 5) is 12.6. The summed E-state index contributed by atoms with van der Waals surface area (Å²) in [6.45, 7) is 4.27. The number of unbranched alkanes of at least 4 members (excludes halogenated alkanes) is 40. The van der Waals surface area contributed by atoms with Crippen LogP contribution in [-0.4, -0.2) is 46.1 Å². The number of allylic oxidation sites excluding steroid dienone is 2. The van der Waals surface area contributed by atoms with Crippen molar-refractivity contribution < 1.29 is 20.1 Å². The first-order valence-electron chi connectivity index (χ1n) is 27.0. The number of hydrogen-bond acceptors (Lipinski definition) is 4. The normalized spacial score (nSPS) is 13.4. The molecule has 0 rings (SSSR count). The van der Waals surface area contributed by atoms with Gasteiger partial charge >= 0.3 is 0 Å². The van der Waals surface area contributed by atoms with E-state index >= 15 is 0 Å². The van der Waals surface area contributed by atoms with E-state index in [1.807, 2.05) is 0 Å². The van der Waals surface area contributed by atoms with E-state index in [4.69, 9.17) is 0 Å². The Balaban J connectivity index is 3.54. The molecular formula is C54H107NO4. The lowest BCUT2D eigenvalue weighted by molar-refractivity contribution is -0.131. The van der Waals surface area contributed by atoms with Gasteiger partial charge in [0.2, 0.25) is 5.91 Å². The standard InChI is InChI=1S/C54H107NO4/c1-3-5-7-9-11-13-15-17-19-21-23-25-27-29-31-33-35-37-39-41-43-45-47-49-53(58)54(59)55-51(50-56)52(57)48-46-44-42-40-38-36-34-32-30-28-26-24-22-20-18-16-14-12-10-8-6-4-2/h29,31,51-53,56-58H,3-28,30,32-50H2,1-2H3,(H,55,59)/b31-29-. The lowest BCUT2D eigenvalue weighted by atomic mass is 10.0. The zero-order valence-corrected chi connectivity index (χ0v) is 40.2. The quantitative estimate of drug-likeness (QED) is 0.0363. The van der Waals surface area contributed by atoms with Crippen molar-refractivity contribution in [2.75, 3.05) is 6.61 Å². The highest BCUT2D eigenvalue weighted by Crippen LogP contribution is 2.18. The molecule has 0 aliphatic rings. The minimum atomic E-state index is -1.08. The summed E-state index contributed by atoms with van der Waals surface area (Å²) in [5.41, 5.74) is 0. The zero-order chi connectivity index (χ0) is 43.0. The first-order valence-corrected chi connectivity index (χ1v) is 27.0. The molecule has 0 aliphatic heterocycles. The molecule has 59 heavy (non-hydrogen) atoms. The molecule has 0 saturated carbocycles. The third-order valence-electron chi connectivity index (χ3n) is 12.9. The smallest absolute Gasteiger partial charge is 0.249 e. The molecule has 1 amide bonds. The minimum Gasteiger partial charge on any atom is -0.394 e. The maximum atomic E-state index is 12.6. The molecule has 0 saturated heterocycles. The van der Waals surface area contributed by atoms with Gasteiger partial charge in [0.1, 0.15) is 6.10 Å². The molecule has 4 N–H and O–H groups in total. The zero-order valence-electron chi connectivity index (χ0n) is 40.2. The van der Waals surface area contributed by atoms with Crippen LogP contribution in [0.3, 0.4) is 0 Å². The third kappa shape index (κ3) is 44.9. The van der Waals surface area contributed by atoms with Crippen LogP contribution in [0.25, 0.3) is 0 Å². The van der Waals surface area contributed by atoms with E-state index in [1.165, 1.54) is 244 Å². The highest BCUT2D eigenvalue weighted by molar-refractivity contribution is 5.80. The molecule has 0 aromatic rings. The second-order valence-electron chi connectivity index (χ2n) is 18.8. The van der Waals surface area contributed by atoms with Gasteiger partial charge < -0.3 is 20.6 Å². The number of rotatable bonds is 50. The predicted octanol–water partition coefficient (Wildman–Crippen LogP) is 16.3. The Bertz CT molecular complexity index is 833. The monoisotopic (exact) mass is 834 g/mol. The molecule has 0 radical (unpaired) electrons. The summed E-state index contributed by atoms with van der Waals surface area (Å²) in [5, 5.41) is 33.5. The number of amides is 1. The van der Waals surface area contributed by atoms with E-state index < -0.39 is 24.2 Å². The molecule has 3 unspecified atom stereocenters. The lowest BCUT2D eigenvalue weighted by Crippen LogP contribution is -2.49. The van der Waals surface area contributed by atoms with Gasteiger partial charge in [-0.1, -0.05) is 276 Å². The summed E-state index contributed by atoms with van der Waals surface area (Å²) in [5.74, 6) is -0.468. The van der Waals surface area contributed by atoms with Crippen LogP contribution < -0.4 is 5.32 Å². The van der Waals surface area contributed by atoms with Crippen molar-refractivity contribution in [3.8, 4) is 0 Å². The van der Waals surface area contributed by atoms with Gasteiger partial charge in [-0.15, -0.1) is 0 Å². The Kier molecular flexibility index (Phi) is 49.0. The van der Waals surface area contributed by atoms with Crippen molar-refractivity contribution in [2.45, 2.75) is 321 Å². The Morgan fingerprint density at radius 2 is 0.644 bits per heavy atom. The summed E-state index contributed by atoms with van der Waals surface area (Å²) in [6, 6.07) is -0.712. The van der Waals surface area contributed by atoms with Crippen molar-refractivity contribution in [3.05, 3.63) is 12.2 Å². The van der Waals surface area contributed by atoms with Gasteiger partial charge in [0.15, 0.2) is 0 Å². The lowest BCUT2D eigenvalue weighted by Gasteiger charge is -2.23. The minimum absolute atomic E-state index is 0.311. The maximum absolute atomic E-state index is 12.6. The van der Waals surface area contributed by atoms with Crippen LogP contribution in [0.15, 0.2) is 12.2 Å². The van der Waals surface area contributed by atoms with Gasteiger partial charge in [0.25, 0.3) is 0 Å². The van der Waals surface area contributed by atoms with Crippen LogP contribution in [0.4, 0.5) is 0 Å². The maximum Gasteiger partial charge on any atom is 0.249 e. The van der Waals surface area contributed by atoms with E-state index in [1.54, 1.807) is 0 Å². The van der Waals surface area contributed by atoms with Crippen molar-refractivity contribution in [1.82, 2.24) is 5.32 Å². The van der Waals surface area contributed by atoms with Gasteiger partial charge in [0, 0.05) is 0 Å². The fourth-order valence-electron chi connectivity index (χ4n) is 8.66. The first-order chi connectivity index (χ1) is 29.1. The summed E-state index contributed by atoms with van der Waals surface area (Å²) < 4.78 is 0. The summed E-state index contributed by atoms with van der Waals surface area (Å²) in [6.07, 6.45) is 61.0. The van der Waals surface area contributed by atoms with E-state index in [0.717, 1.165) is 32.1 Å². The highest BCUT2D eigenvalue weighted by Gasteiger charge is 2.23. The SMILES string of the molecule is CCCCCCCCCCCCCC/C=C\CCCCCCCCCC(O)C(=O)NC(CO)C(O)CCCCCCCCCCCCCCCCCCCCCCCC. The Labute approximate surface area is 369 Å². The average molecular weight is 834 g/mol. The fraction of sp³-hybridized carbons (Fsp3) is 0.944. The van der Waals surface area contributed by atoms with Crippen molar-refractivity contribution in [2.24, 2.45) is 0 Å². The number of carbonyl (C=O) groups excluding carboxylic acids is 1. The molecule has 5 nitrogen and oxygen atoms in total. The molecule has 0 aromatic heterocycles. The van der Waals surface area contributed by atoms with Crippen LogP contribution in [0.5, 0.6) is 0 Å². The molecular weight excluding hydrogens is 727 g/mol. The number of nitrogens with one attached hydrogen (secondary N) is 1. The molecule has 352 valence electrons. The second-order valence-corrected chi connectivity index (χ2v) is 18.8. The predicted molar refractivity (Wildman–Crippen MR) is 259 cm³/mol. The number of carbonyl (C=O) groups is 1. The van der Waals surface area contributed by atoms with Gasteiger partial charge in [-0.25, -0.2) is 0 Å². The Morgan fingerprint density at radius 1 is 0.390 bits per heavy atom. The summed E-state index contributed by atoms with van der Waals surface area (Å²) in [7, 11) is 0. The molecule has 0 fully saturated rings. The molecule has 0 heterocycles. The van der Waals surface area contributed by atoms with Crippen LogP contribution in [-0.2, 0) is 4.79 Å². The molecule has 0 aromatic carbocycles. The van der Waals surface area contributed by atoms with Crippen molar-refractivity contribution in [3.63, 3.8) is 0 Å². The average Bonchev–Trinajstić information content (AvgIpc) is 3.24. The third-order valence-corrected chi connectivity index (χ3v) is 12.9. The molecule has 0 aliphatic carbocycles. The van der Waals surface area contributed by atoms with E-state index in [9.17, 15) is 20.1 Å². The van der Waals surface area contributed by atoms with Gasteiger partial charge in [-0.3, -0.25) is 4.79 Å². The van der Waals surface area contributed by atoms with E-state index in [0.29, 0.717) is 12.8 Å². The van der Waals surface area contributed by atoms with Crippen molar-refractivity contribution >= 4 is 5.91 Å². The molecule has 3 atom stereocenters. The summed E-state index contributed by atoms with van der Waals surface area (Å²) >= 11 is 0. The van der Waals surface area contributed by atoms with Crippen molar-refractivity contribution in [1.29, 1.82) is 0 Å². The molecule has 0 spiro atoms. The van der Waals surface area contributed by atoms with Gasteiger partial charge in [-0.2, -0.15) is 0 Å². The van der Waals surface area contributed by atoms with Gasteiger partial charge in [-0.05, 0) is 38.5 Å². The number of aliphatic hydroxyl groups is 3. The largest absolute Gasteiger partial charge is 0.394 e. The van der Waals surface area contributed by atoms with E-state index in [2.05, 4.69) is 31.3 Å². The van der Waals surface area contributed by atoms with E-state index in [-0.39, 0.29) is 6.61 Å². The Morgan fingerprint density at radius 3 is 0.932 bits per heavy atom. The topological polar surface area (TPSA) is 89.8 Å². The second kappa shape index (κ2) is 49.7. The molecule has 0 bridgehead atoms. The van der Waals surface area contributed by atoms with Crippen LogP contribution in [0.1, 0.15) is 303 Å². The van der Waals surface area contributed by atoms with Crippen LogP contribution in [0, 0.1) is 0 Å². The van der Waals surface area contributed by atoms with Crippen LogP contribution >= 0.6 is 0 Å². The first kappa shape index (κ1) is 58.1. The number of hydrogen-bond donors (Lipinski definition) is 4. The van der Waals surface area contributed by atoms with Gasteiger partial charge in [0.05, 0.1) is 18.8 Å². The highest BCUT2D eigenvalue weighted by atomic mass is 16.3. The molecule has 5 heteroatoms. The number of aliphatic hydroxyl groups excluding tert-OH is 3. The fourth-order valence-corrected chi connectivity index (χ4v) is 8.66. The van der Waals surface area contributed by atoms with Crippen LogP contribution in [0.2, 0.25) is 0 Å².